The van der Waals surface area contributed by atoms with E-state index in [-0.39, 0.29) is 0 Å². The Morgan fingerprint density at radius 2 is 2.04 bits per heavy atom. The molecule has 0 radical (unpaired) electrons. The summed E-state index contributed by atoms with van der Waals surface area (Å²) in [6, 6.07) is 3.94. The number of nitrogens with zero attached hydrogens (tertiary/aromatic N) is 2. The van der Waals surface area contributed by atoms with Gasteiger partial charge in [-0.25, -0.2) is 0 Å². The second-order valence-electron chi connectivity index (χ2n) is 7.43. The van der Waals surface area contributed by atoms with Crippen molar-refractivity contribution in [1.82, 2.24) is 15.5 Å². The summed E-state index contributed by atoms with van der Waals surface area (Å²) >= 11 is 0. The van der Waals surface area contributed by atoms with Gasteiger partial charge in [0.25, 0.3) is 0 Å². The number of piperidine rings is 1. The molecule has 0 saturated carbocycles. The second kappa shape index (κ2) is 11.2. The summed E-state index contributed by atoms with van der Waals surface area (Å²) < 4.78 is 5.36. The van der Waals surface area contributed by atoms with Gasteiger partial charge in [-0.2, -0.15) is 0 Å². The minimum absolute atomic E-state index is 0.836. The van der Waals surface area contributed by atoms with Gasteiger partial charge in [0.1, 0.15) is 5.76 Å². The van der Waals surface area contributed by atoms with E-state index in [9.17, 15) is 0 Å². The first-order valence-electron chi connectivity index (χ1n) is 9.94. The number of furan rings is 1. The molecule has 1 aliphatic rings. The molecular formula is C20H36N4O. The van der Waals surface area contributed by atoms with Crippen molar-refractivity contribution < 1.29 is 4.42 Å². The van der Waals surface area contributed by atoms with E-state index in [1.807, 2.05) is 12.1 Å². The van der Waals surface area contributed by atoms with Crippen LogP contribution in [0.2, 0.25) is 0 Å². The average molecular weight is 349 g/mol. The second-order valence-corrected chi connectivity index (χ2v) is 7.43. The van der Waals surface area contributed by atoms with Gasteiger partial charge in [0.2, 0.25) is 0 Å². The highest BCUT2D eigenvalue weighted by Gasteiger charge is 2.20. The maximum atomic E-state index is 5.36. The Labute approximate surface area is 153 Å². The summed E-state index contributed by atoms with van der Waals surface area (Å²) in [6.07, 6.45) is 6.36. The van der Waals surface area contributed by atoms with E-state index in [1.54, 1.807) is 6.26 Å². The quantitative estimate of drug-likeness (QED) is 0.409. The third-order valence-electron chi connectivity index (χ3n) is 4.69. The fourth-order valence-electron chi connectivity index (χ4n) is 3.71. The molecule has 2 heterocycles. The molecule has 1 aliphatic heterocycles. The fourth-order valence-corrected chi connectivity index (χ4v) is 3.71. The number of aliphatic imine (C=N–C) groups is 1. The lowest BCUT2D eigenvalue weighted by Gasteiger charge is -2.34. The highest BCUT2D eigenvalue weighted by molar-refractivity contribution is 5.79. The van der Waals surface area contributed by atoms with Crippen molar-refractivity contribution in [2.24, 2.45) is 16.8 Å². The Morgan fingerprint density at radius 3 is 2.72 bits per heavy atom. The standard InChI is InChI=1S/C20H36N4O/c1-4-21-20(23-11-9-19-8-7-13-25-19)22-10-5-6-12-24-15-17(2)14-18(3)16-24/h7-8,13,17-18H,4-6,9-12,14-16H2,1-3H3,(H2,21,22,23). The Morgan fingerprint density at radius 1 is 1.24 bits per heavy atom. The van der Waals surface area contributed by atoms with Crippen LogP contribution in [0.1, 0.15) is 45.8 Å². The predicted molar refractivity (Wildman–Crippen MR) is 105 cm³/mol. The number of unbranched alkanes of at least 4 members (excludes halogenated alkanes) is 1. The largest absolute Gasteiger partial charge is 0.469 e. The van der Waals surface area contributed by atoms with Crippen molar-refractivity contribution in [3.05, 3.63) is 24.2 Å². The van der Waals surface area contributed by atoms with Crippen LogP contribution in [-0.4, -0.2) is 50.1 Å². The molecule has 0 bridgehead atoms. The van der Waals surface area contributed by atoms with Crippen molar-refractivity contribution in [1.29, 1.82) is 0 Å². The summed E-state index contributed by atoms with van der Waals surface area (Å²) in [5, 5.41) is 6.69. The van der Waals surface area contributed by atoms with Crippen LogP contribution in [0.3, 0.4) is 0 Å². The number of hydrogen-bond acceptors (Lipinski definition) is 3. The van der Waals surface area contributed by atoms with E-state index in [0.717, 1.165) is 56.0 Å². The van der Waals surface area contributed by atoms with Gasteiger partial charge in [-0.05, 0) is 56.7 Å². The zero-order valence-electron chi connectivity index (χ0n) is 16.3. The molecule has 0 amide bonds. The first kappa shape index (κ1) is 19.8. The Bertz CT molecular complexity index is 476. The molecule has 2 atom stereocenters. The maximum Gasteiger partial charge on any atom is 0.191 e. The van der Waals surface area contributed by atoms with Crippen molar-refractivity contribution in [3.8, 4) is 0 Å². The molecular weight excluding hydrogens is 312 g/mol. The van der Waals surface area contributed by atoms with Crippen LogP contribution in [0.15, 0.2) is 27.8 Å². The topological polar surface area (TPSA) is 52.8 Å². The molecule has 2 N–H and O–H groups in total. The summed E-state index contributed by atoms with van der Waals surface area (Å²) in [4.78, 5) is 7.32. The zero-order valence-corrected chi connectivity index (χ0v) is 16.3. The van der Waals surface area contributed by atoms with Crippen LogP contribution in [0, 0.1) is 11.8 Å². The minimum Gasteiger partial charge on any atom is -0.469 e. The van der Waals surface area contributed by atoms with Gasteiger partial charge in [-0.15, -0.1) is 0 Å². The smallest absolute Gasteiger partial charge is 0.191 e. The van der Waals surface area contributed by atoms with Crippen LogP contribution in [0.4, 0.5) is 0 Å². The van der Waals surface area contributed by atoms with Gasteiger partial charge >= 0.3 is 0 Å². The molecule has 25 heavy (non-hydrogen) atoms. The normalized spacial score (nSPS) is 22.1. The van der Waals surface area contributed by atoms with Crippen LogP contribution in [0.25, 0.3) is 0 Å². The number of guanidine groups is 1. The number of rotatable bonds is 9. The summed E-state index contributed by atoms with van der Waals surface area (Å²) in [7, 11) is 0. The molecule has 1 aromatic rings. The van der Waals surface area contributed by atoms with Gasteiger partial charge in [0.05, 0.1) is 6.26 Å². The first-order valence-corrected chi connectivity index (χ1v) is 9.94. The lowest BCUT2D eigenvalue weighted by molar-refractivity contribution is 0.139. The van der Waals surface area contributed by atoms with Crippen molar-refractivity contribution in [3.63, 3.8) is 0 Å². The van der Waals surface area contributed by atoms with E-state index >= 15 is 0 Å². The van der Waals surface area contributed by atoms with Gasteiger partial charge in [0, 0.05) is 39.1 Å². The molecule has 142 valence electrons. The number of nitrogens with one attached hydrogen (secondary N) is 2. The summed E-state index contributed by atoms with van der Waals surface area (Å²) in [5.41, 5.74) is 0. The number of hydrogen-bond donors (Lipinski definition) is 2. The van der Waals surface area contributed by atoms with Crippen molar-refractivity contribution in [2.75, 3.05) is 39.3 Å². The molecule has 2 rings (SSSR count). The molecule has 5 heteroatoms. The van der Waals surface area contributed by atoms with Crippen LogP contribution >= 0.6 is 0 Å². The predicted octanol–water partition coefficient (Wildman–Crippen LogP) is 3.14. The van der Waals surface area contributed by atoms with E-state index in [4.69, 9.17) is 9.41 Å². The Balaban J connectivity index is 1.61. The molecule has 0 aromatic carbocycles. The molecule has 1 fully saturated rings. The number of likely N-dealkylation sites (tertiary alicyclic amines) is 1. The van der Waals surface area contributed by atoms with Crippen LogP contribution < -0.4 is 10.6 Å². The van der Waals surface area contributed by atoms with Crippen LogP contribution in [0.5, 0.6) is 0 Å². The van der Waals surface area contributed by atoms with E-state index < -0.39 is 0 Å². The van der Waals surface area contributed by atoms with Crippen LogP contribution in [-0.2, 0) is 6.42 Å². The van der Waals surface area contributed by atoms with Gasteiger partial charge in [-0.3, -0.25) is 4.99 Å². The lowest BCUT2D eigenvalue weighted by Crippen LogP contribution is -2.39. The van der Waals surface area contributed by atoms with Crippen molar-refractivity contribution in [2.45, 2.75) is 46.5 Å². The van der Waals surface area contributed by atoms with Gasteiger partial charge in [-0.1, -0.05) is 13.8 Å². The third kappa shape index (κ3) is 7.95. The average Bonchev–Trinajstić information content (AvgIpc) is 3.07. The monoisotopic (exact) mass is 348 g/mol. The van der Waals surface area contributed by atoms with Gasteiger partial charge < -0.3 is 20.0 Å². The van der Waals surface area contributed by atoms with Gasteiger partial charge in [0.15, 0.2) is 5.96 Å². The zero-order chi connectivity index (χ0) is 17.9. The third-order valence-corrected chi connectivity index (χ3v) is 4.69. The molecule has 5 nitrogen and oxygen atoms in total. The van der Waals surface area contributed by atoms with E-state index in [1.165, 1.54) is 32.5 Å². The molecule has 1 aromatic heterocycles. The molecule has 1 saturated heterocycles. The Hall–Kier alpha value is -1.49. The fraction of sp³-hybridized carbons (Fsp3) is 0.750. The lowest BCUT2D eigenvalue weighted by atomic mass is 9.92. The molecule has 0 aliphatic carbocycles. The Kier molecular flexibility index (Phi) is 8.87. The minimum atomic E-state index is 0.836. The van der Waals surface area contributed by atoms with Crippen molar-refractivity contribution >= 4 is 5.96 Å². The summed E-state index contributed by atoms with van der Waals surface area (Å²) in [5.74, 6) is 3.61. The highest BCUT2D eigenvalue weighted by atomic mass is 16.3. The van der Waals surface area contributed by atoms with E-state index in [2.05, 4.69) is 36.3 Å². The summed E-state index contributed by atoms with van der Waals surface area (Å²) in [6.45, 7) is 13.2. The van der Waals surface area contributed by atoms with E-state index in [0.29, 0.717) is 0 Å². The molecule has 2 unspecified atom stereocenters. The first-order chi connectivity index (χ1) is 12.2. The SMILES string of the molecule is CCNC(=NCCCCN1CC(C)CC(C)C1)NCCc1ccco1. The maximum absolute atomic E-state index is 5.36. The highest BCUT2D eigenvalue weighted by Crippen LogP contribution is 2.20. The molecule has 0 spiro atoms.